The molecule has 1 heterocycles. The van der Waals surface area contributed by atoms with Gasteiger partial charge in [0.1, 0.15) is 5.69 Å². The van der Waals surface area contributed by atoms with Crippen LogP contribution < -0.4 is 10.1 Å². The van der Waals surface area contributed by atoms with E-state index in [-0.39, 0.29) is 5.91 Å². The predicted octanol–water partition coefficient (Wildman–Crippen LogP) is 3.58. The summed E-state index contributed by atoms with van der Waals surface area (Å²) in [6.07, 6.45) is 1.62. The van der Waals surface area contributed by atoms with Gasteiger partial charge in [-0.25, -0.2) is 4.98 Å². The Hall–Kier alpha value is -1.53. The minimum absolute atomic E-state index is 0.0933. The molecule has 20 heavy (non-hydrogen) atoms. The van der Waals surface area contributed by atoms with Gasteiger partial charge < -0.3 is 10.1 Å². The molecule has 1 aromatic carbocycles. The lowest BCUT2D eigenvalue weighted by molar-refractivity contribution is -0.113. The quantitative estimate of drug-likeness (QED) is 0.835. The minimum atomic E-state index is -0.0933. The second-order valence-corrected chi connectivity index (χ2v) is 5.82. The number of hydrogen-bond acceptors (Lipinski definition) is 4. The molecule has 1 aromatic heterocycles. The summed E-state index contributed by atoms with van der Waals surface area (Å²) in [6, 6.07) is 11.3. The third-order valence-corrected chi connectivity index (χ3v) is 3.96. The fourth-order valence-electron chi connectivity index (χ4n) is 1.51. The van der Waals surface area contributed by atoms with E-state index >= 15 is 0 Å². The predicted molar refractivity (Wildman–Crippen MR) is 84.3 cm³/mol. The Morgan fingerprint density at radius 3 is 2.80 bits per heavy atom. The van der Waals surface area contributed by atoms with Crippen molar-refractivity contribution in [3.8, 4) is 5.88 Å². The molecular weight excluding hydrogens is 340 g/mol. The van der Waals surface area contributed by atoms with Crippen LogP contribution in [-0.2, 0) is 4.79 Å². The largest absolute Gasteiger partial charge is 0.480 e. The van der Waals surface area contributed by atoms with Gasteiger partial charge in [-0.05, 0) is 36.4 Å². The highest BCUT2D eigenvalue weighted by molar-refractivity contribution is 9.10. The Kier molecular flexibility index (Phi) is 5.43. The number of amides is 1. The number of pyridine rings is 1. The molecular formula is C14H13BrN2O2S. The van der Waals surface area contributed by atoms with Crippen LogP contribution >= 0.6 is 27.7 Å². The average Bonchev–Trinajstić information content (AvgIpc) is 2.47. The van der Waals surface area contributed by atoms with Crippen LogP contribution in [-0.4, -0.2) is 23.8 Å². The summed E-state index contributed by atoms with van der Waals surface area (Å²) in [6.45, 7) is 0. The number of nitrogens with one attached hydrogen (secondary N) is 1. The van der Waals surface area contributed by atoms with Gasteiger partial charge in [-0.3, -0.25) is 4.79 Å². The van der Waals surface area contributed by atoms with Crippen LogP contribution in [0.4, 0.5) is 5.69 Å². The van der Waals surface area contributed by atoms with Crippen LogP contribution in [0, 0.1) is 0 Å². The Morgan fingerprint density at radius 1 is 1.35 bits per heavy atom. The SMILES string of the molecule is COc1ncccc1NC(=O)CSc1ccc(Br)cc1. The van der Waals surface area contributed by atoms with Crippen molar-refractivity contribution in [3.05, 3.63) is 47.1 Å². The normalized spacial score (nSPS) is 10.1. The van der Waals surface area contributed by atoms with Crippen molar-refractivity contribution in [1.29, 1.82) is 0 Å². The maximum Gasteiger partial charge on any atom is 0.237 e. The van der Waals surface area contributed by atoms with Crippen molar-refractivity contribution in [3.63, 3.8) is 0 Å². The molecule has 2 rings (SSSR count). The van der Waals surface area contributed by atoms with E-state index in [1.165, 1.54) is 18.9 Å². The van der Waals surface area contributed by atoms with Gasteiger partial charge >= 0.3 is 0 Å². The third kappa shape index (κ3) is 4.25. The fourth-order valence-corrected chi connectivity index (χ4v) is 2.48. The van der Waals surface area contributed by atoms with Crippen LogP contribution in [0.25, 0.3) is 0 Å². The number of aromatic nitrogens is 1. The molecule has 0 atom stereocenters. The van der Waals surface area contributed by atoms with E-state index in [9.17, 15) is 4.79 Å². The van der Waals surface area contributed by atoms with E-state index in [1.807, 2.05) is 24.3 Å². The zero-order chi connectivity index (χ0) is 14.4. The molecule has 2 aromatic rings. The topological polar surface area (TPSA) is 51.2 Å². The molecule has 0 bridgehead atoms. The molecule has 6 heteroatoms. The number of benzene rings is 1. The first-order valence-corrected chi connectivity index (χ1v) is 7.64. The number of thioether (sulfide) groups is 1. The third-order valence-electron chi connectivity index (χ3n) is 2.42. The van der Waals surface area contributed by atoms with Crippen molar-refractivity contribution in [2.24, 2.45) is 0 Å². The number of carbonyl (C=O) groups excluding carboxylic acids is 1. The zero-order valence-electron chi connectivity index (χ0n) is 10.8. The Balaban J connectivity index is 1.91. The second-order valence-electron chi connectivity index (χ2n) is 3.85. The van der Waals surface area contributed by atoms with E-state index in [0.29, 0.717) is 17.3 Å². The number of hydrogen-bond donors (Lipinski definition) is 1. The molecule has 0 aliphatic carbocycles. The van der Waals surface area contributed by atoms with Crippen LogP contribution in [0.15, 0.2) is 52.0 Å². The molecule has 0 unspecified atom stereocenters. The van der Waals surface area contributed by atoms with Crippen molar-refractivity contribution in [1.82, 2.24) is 4.98 Å². The summed E-state index contributed by atoms with van der Waals surface area (Å²) in [5.74, 6) is 0.651. The molecule has 104 valence electrons. The second kappa shape index (κ2) is 7.31. The molecule has 1 amide bonds. The lowest BCUT2D eigenvalue weighted by Crippen LogP contribution is -2.14. The van der Waals surface area contributed by atoms with Gasteiger partial charge in [0.2, 0.25) is 11.8 Å². The highest BCUT2D eigenvalue weighted by Crippen LogP contribution is 2.23. The standard InChI is InChI=1S/C14H13BrN2O2S/c1-19-14-12(3-2-8-16-14)17-13(18)9-20-11-6-4-10(15)5-7-11/h2-8H,9H2,1H3,(H,17,18). The average molecular weight is 353 g/mol. The Morgan fingerprint density at radius 2 is 2.10 bits per heavy atom. The summed E-state index contributed by atoms with van der Waals surface area (Å²) < 4.78 is 6.10. The number of halogens is 1. The maximum atomic E-state index is 11.9. The summed E-state index contributed by atoms with van der Waals surface area (Å²) >= 11 is 4.85. The van der Waals surface area contributed by atoms with Crippen molar-refractivity contribution < 1.29 is 9.53 Å². The smallest absolute Gasteiger partial charge is 0.237 e. The highest BCUT2D eigenvalue weighted by atomic mass is 79.9. The first kappa shape index (κ1) is 14.9. The molecule has 0 aliphatic rings. The first-order chi connectivity index (χ1) is 9.69. The summed E-state index contributed by atoms with van der Waals surface area (Å²) in [5, 5.41) is 2.79. The van der Waals surface area contributed by atoms with Crippen LogP contribution in [0.1, 0.15) is 0 Å². The monoisotopic (exact) mass is 352 g/mol. The highest BCUT2D eigenvalue weighted by Gasteiger charge is 2.08. The number of anilines is 1. The number of methoxy groups -OCH3 is 1. The number of ether oxygens (including phenoxy) is 1. The first-order valence-electron chi connectivity index (χ1n) is 5.86. The molecule has 0 radical (unpaired) electrons. The molecule has 0 saturated carbocycles. The van der Waals surface area contributed by atoms with Gasteiger partial charge in [0.25, 0.3) is 0 Å². The Labute approximate surface area is 130 Å². The van der Waals surface area contributed by atoms with Crippen molar-refractivity contribution >= 4 is 39.3 Å². The summed E-state index contributed by atoms with van der Waals surface area (Å²) in [7, 11) is 1.52. The minimum Gasteiger partial charge on any atom is -0.480 e. The van der Waals surface area contributed by atoms with Crippen LogP contribution in [0.2, 0.25) is 0 Å². The number of carbonyl (C=O) groups is 1. The lowest BCUT2D eigenvalue weighted by Gasteiger charge is -2.08. The van der Waals surface area contributed by atoms with E-state index < -0.39 is 0 Å². The van der Waals surface area contributed by atoms with Gasteiger partial charge in [0.05, 0.1) is 12.9 Å². The van der Waals surface area contributed by atoms with Crippen molar-refractivity contribution in [2.45, 2.75) is 4.90 Å². The molecule has 0 spiro atoms. The number of rotatable bonds is 5. The molecule has 1 N–H and O–H groups in total. The van der Waals surface area contributed by atoms with E-state index in [2.05, 4.69) is 26.2 Å². The molecule has 0 aliphatic heterocycles. The van der Waals surface area contributed by atoms with E-state index in [0.717, 1.165) is 9.37 Å². The summed E-state index contributed by atoms with van der Waals surface area (Å²) in [4.78, 5) is 17.0. The van der Waals surface area contributed by atoms with Gasteiger partial charge in [0, 0.05) is 15.6 Å². The van der Waals surface area contributed by atoms with Gasteiger partial charge in [0.15, 0.2) is 0 Å². The zero-order valence-corrected chi connectivity index (χ0v) is 13.2. The van der Waals surface area contributed by atoms with Crippen molar-refractivity contribution in [2.75, 3.05) is 18.2 Å². The van der Waals surface area contributed by atoms with Gasteiger partial charge in [-0.15, -0.1) is 11.8 Å². The maximum absolute atomic E-state index is 11.9. The van der Waals surface area contributed by atoms with Gasteiger partial charge in [-0.2, -0.15) is 0 Å². The van der Waals surface area contributed by atoms with E-state index in [4.69, 9.17) is 4.74 Å². The fraction of sp³-hybridized carbons (Fsp3) is 0.143. The summed E-state index contributed by atoms with van der Waals surface area (Å²) in [5.41, 5.74) is 0.580. The number of nitrogens with zero attached hydrogens (tertiary/aromatic N) is 1. The molecule has 4 nitrogen and oxygen atoms in total. The lowest BCUT2D eigenvalue weighted by atomic mass is 10.4. The molecule has 0 fully saturated rings. The molecule has 0 saturated heterocycles. The van der Waals surface area contributed by atoms with Crippen LogP contribution in [0.3, 0.4) is 0 Å². The van der Waals surface area contributed by atoms with Crippen LogP contribution in [0.5, 0.6) is 5.88 Å². The van der Waals surface area contributed by atoms with Gasteiger partial charge in [-0.1, -0.05) is 15.9 Å². The Bertz CT molecular complexity index is 590. The van der Waals surface area contributed by atoms with E-state index in [1.54, 1.807) is 18.3 Å².